The van der Waals surface area contributed by atoms with Crippen LogP contribution in [0.4, 0.5) is 0 Å². The van der Waals surface area contributed by atoms with Gasteiger partial charge in [-0.2, -0.15) is 0 Å². The zero-order valence-electron chi connectivity index (χ0n) is 14.3. The van der Waals surface area contributed by atoms with E-state index in [1.165, 1.54) is 4.90 Å². The molecule has 130 valence electrons. The van der Waals surface area contributed by atoms with Gasteiger partial charge in [-0.15, -0.1) is 0 Å². The predicted molar refractivity (Wildman–Crippen MR) is 92.6 cm³/mol. The third-order valence-electron chi connectivity index (χ3n) is 5.69. The molecular weight excluding hydrogens is 316 g/mol. The lowest BCUT2D eigenvalue weighted by molar-refractivity contribution is -0.140. The summed E-state index contributed by atoms with van der Waals surface area (Å²) >= 11 is 0. The molecule has 5 heteroatoms. The van der Waals surface area contributed by atoms with Crippen molar-refractivity contribution in [2.24, 2.45) is 23.7 Å². The quantitative estimate of drug-likeness (QED) is 0.507. The Morgan fingerprint density at radius 2 is 1.84 bits per heavy atom. The van der Waals surface area contributed by atoms with Gasteiger partial charge < -0.3 is 5.32 Å². The third kappa shape index (κ3) is 2.68. The SMILES string of the molecule is Cc1cccc(C(=O)NCCCN2C(=O)[C@H]3[C@H](C2=O)[C@H]2C=C[C@H]3C2)c1. The molecule has 2 aliphatic carbocycles. The number of nitrogens with zero attached hydrogens (tertiary/aromatic N) is 1. The lowest BCUT2D eigenvalue weighted by Crippen LogP contribution is -2.35. The van der Waals surface area contributed by atoms with Crippen LogP contribution in [-0.4, -0.2) is 35.7 Å². The van der Waals surface area contributed by atoms with Gasteiger partial charge in [-0.1, -0.05) is 29.8 Å². The van der Waals surface area contributed by atoms with Gasteiger partial charge in [0, 0.05) is 18.7 Å². The fourth-order valence-corrected chi connectivity index (χ4v) is 4.51. The number of imide groups is 1. The Hall–Kier alpha value is -2.43. The first-order chi connectivity index (χ1) is 12.1. The van der Waals surface area contributed by atoms with Gasteiger partial charge in [-0.05, 0) is 43.7 Å². The number of rotatable bonds is 5. The summed E-state index contributed by atoms with van der Waals surface area (Å²) in [5.41, 5.74) is 1.67. The Kier molecular flexibility index (Phi) is 3.94. The molecule has 1 aromatic rings. The minimum absolute atomic E-state index is 0.0168. The van der Waals surface area contributed by atoms with Gasteiger partial charge in [-0.3, -0.25) is 19.3 Å². The summed E-state index contributed by atoms with van der Waals surface area (Å²) in [7, 11) is 0. The molecule has 3 amide bonds. The average Bonchev–Trinajstić information content (AvgIpc) is 3.27. The molecule has 2 fully saturated rings. The summed E-state index contributed by atoms with van der Waals surface area (Å²) in [6.45, 7) is 2.78. The number of aryl methyl sites for hydroxylation is 1. The lowest BCUT2D eigenvalue weighted by atomic mass is 9.85. The topological polar surface area (TPSA) is 66.5 Å². The molecule has 0 unspecified atom stereocenters. The van der Waals surface area contributed by atoms with E-state index in [-0.39, 0.29) is 41.4 Å². The highest BCUT2D eigenvalue weighted by Crippen LogP contribution is 2.52. The molecule has 1 saturated carbocycles. The van der Waals surface area contributed by atoms with Gasteiger partial charge in [0.2, 0.25) is 11.8 Å². The van der Waals surface area contributed by atoms with Crippen LogP contribution in [0.15, 0.2) is 36.4 Å². The molecule has 5 nitrogen and oxygen atoms in total. The number of likely N-dealkylation sites (tertiary alicyclic amines) is 1. The first-order valence-corrected chi connectivity index (χ1v) is 8.94. The molecule has 4 atom stereocenters. The molecule has 0 spiro atoms. The van der Waals surface area contributed by atoms with E-state index in [1.807, 2.05) is 25.1 Å². The van der Waals surface area contributed by atoms with Crippen molar-refractivity contribution in [3.63, 3.8) is 0 Å². The Morgan fingerprint density at radius 1 is 1.16 bits per heavy atom. The molecule has 1 aliphatic heterocycles. The molecule has 0 radical (unpaired) electrons. The summed E-state index contributed by atoms with van der Waals surface area (Å²) in [5, 5.41) is 2.86. The molecule has 1 N–H and O–H groups in total. The zero-order valence-corrected chi connectivity index (χ0v) is 14.3. The largest absolute Gasteiger partial charge is 0.352 e. The summed E-state index contributed by atoms with van der Waals surface area (Å²) in [5.74, 6) is 0.0688. The van der Waals surface area contributed by atoms with Crippen LogP contribution in [0.25, 0.3) is 0 Å². The highest BCUT2D eigenvalue weighted by molar-refractivity contribution is 6.06. The fourth-order valence-electron chi connectivity index (χ4n) is 4.51. The van der Waals surface area contributed by atoms with Crippen LogP contribution in [0.5, 0.6) is 0 Å². The summed E-state index contributed by atoms with van der Waals surface area (Å²) < 4.78 is 0. The first kappa shape index (κ1) is 16.1. The maximum absolute atomic E-state index is 12.6. The number of allylic oxidation sites excluding steroid dienone is 2. The Labute approximate surface area is 147 Å². The first-order valence-electron chi connectivity index (χ1n) is 8.94. The smallest absolute Gasteiger partial charge is 0.251 e. The number of carbonyl (C=O) groups excluding carboxylic acids is 3. The van der Waals surface area contributed by atoms with Gasteiger partial charge >= 0.3 is 0 Å². The second-order valence-electron chi connectivity index (χ2n) is 7.31. The molecule has 3 aliphatic rings. The van der Waals surface area contributed by atoms with Gasteiger partial charge in [0.25, 0.3) is 5.91 Å². The molecule has 1 aromatic carbocycles. The minimum Gasteiger partial charge on any atom is -0.352 e. The van der Waals surface area contributed by atoms with E-state index in [2.05, 4.69) is 17.5 Å². The summed E-state index contributed by atoms with van der Waals surface area (Å²) in [6, 6.07) is 7.42. The fraction of sp³-hybridized carbons (Fsp3) is 0.450. The normalized spacial score (nSPS) is 29.4. The predicted octanol–water partition coefficient (Wildman–Crippen LogP) is 1.92. The lowest BCUT2D eigenvalue weighted by Gasteiger charge is -2.17. The second kappa shape index (κ2) is 6.14. The van der Waals surface area contributed by atoms with Gasteiger partial charge in [0.05, 0.1) is 11.8 Å². The van der Waals surface area contributed by atoms with Crippen molar-refractivity contribution in [3.8, 4) is 0 Å². The van der Waals surface area contributed by atoms with E-state index in [0.717, 1.165) is 12.0 Å². The molecule has 1 heterocycles. The Balaban J connectivity index is 1.29. The number of carbonyl (C=O) groups is 3. The standard InChI is InChI=1S/C20H22N2O3/c1-12-4-2-5-15(10-12)18(23)21-8-3-9-22-19(24)16-13-6-7-14(11-13)17(16)20(22)25/h2,4-7,10,13-14,16-17H,3,8-9,11H2,1H3,(H,21,23)/t13-,14-,16+,17+/m0/s1. The van der Waals surface area contributed by atoms with Crippen molar-refractivity contribution >= 4 is 17.7 Å². The Morgan fingerprint density at radius 3 is 2.48 bits per heavy atom. The van der Waals surface area contributed by atoms with Crippen molar-refractivity contribution in [2.45, 2.75) is 19.8 Å². The van der Waals surface area contributed by atoms with Gasteiger partial charge in [0.1, 0.15) is 0 Å². The summed E-state index contributed by atoms with van der Waals surface area (Å²) in [4.78, 5) is 38.6. The van der Waals surface area contributed by atoms with Crippen LogP contribution in [0.1, 0.15) is 28.8 Å². The Bertz CT molecular complexity index is 740. The number of nitrogens with one attached hydrogen (secondary N) is 1. The van der Waals surface area contributed by atoms with Crippen LogP contribution in [0.2, 0.25) is 0 Å². The number of amides is 3. The van der Waals surface area contributed by atoms with Crippen molar-refractivity contribution in [2.75, 3.05) is 13.1 Å². The number of hydrogen-bond acceptors (Lipinski definition) is 3. The highest BCUT2D eigenvalue weighted by Gasteiger charge is 2.58. The van der Waals surface area contributed by atoms with E-state index in [4.69, 9.17) is 0 Å². The molecule has 4 rings (SSSR count). The number of fused-ring (bicyclic) bond motifs is 5. The second-order valence-corrected chi connectivity index (χ2v) is 7.31. The maximum atomic E-state index is 12.6. The van der Waals surface area contributed by atoms with E-state index >= 15 is 0 Å². The van der Waals surface area contributed by atoms with Crippen LogP contribution in [-0.2, 0) is 9.59 Å². The molecular formula is C20H22N2O3. The van der Waals surface area contributed by atoms with Crippen molar-refractivity contribution in [1.29, 1.82) is 0 Å². The zero-order chi connectivity index (χ0) is 17.6. The van der Waals surface area contributed by atoms with E-state index in [9.17, 15) is 14.4 Å². The van der Waals surface area contributed by atoms with Crippen LogP contribution >= 0.6 is 0 Å². The molecule has 1 saturated heterocycles. The average molecular weight is 338 g/mol. The van der Waals surface area contributed by atoms with E-state index in [0.29, 0.717) is 25.1 Å². The third-order valence-corrected chi connectivity index (χ3v) is 5.69. The van der Waals surface area contributed by atoms with Gasteiger partial charge in [-0.25, -0.2) is 0 Å². The number of benzene rings is 1. The monoisotopic (exact) mass is 338 g/mol. The van der Waals surface area contributed by atoms with Crippen LogP contribution < -0.4 is 5.32 Å². The molecule has 25 heavy (non-hydrogen) atoms. The van der Waals surface area contributed by atoms with Crippen molar-refractivity contribution in [1.82, 2.24) is 10.2 Å². The highest BCUT2D eigenvalue weighted by atomic mass is 16.2. The van der Waals surface area contributed by atoms with E-state index < -0.39 is 0 Å². The van der Waals surface area contributed by atoms with E-state index in [1.54, 1.807) is 6.07 Å². The summed E-state index contributed by atoms with van der Waals surface area (Å²) in [6.07, 6.45) is 5.73. The minimum atomic E-state index is -0.135. The van der Waals surface area contributed by atoms with Crippen LogP contribution in [0.3, 0.4) is 0 Å². The molecule has 0 aromatic heterocycles. The van der Waals surface area contributed by atoms with Crippen molar-refractivity contribution in [3.05, 3.63) is 47.5 Å². The number of hydrogen-bond donors (Lipinski definition) is 1. The maximum Gasteiger partial charge on any atom is 0.251 e. The van der Waals surface area contributed by atoms with Crippen molar-refractivity contribution < 1.29 is 14.4 Å². The van der Waals surface area contributed by atoms with Gasteiger partial charge in [0.15, 0.2) is 0 Å². The molecule has 2 bridgehead atoms. The van der Waals surface area contributed by atoms with Crippen LogP contribution in [0, 0.1) is 30.6 Å².